The average molecular weight is 314 g/mol. The molecule has 1 aliphatic rings. The molecule has 98 valence electrons. The number of benzene rings is 1. The van der Waals surface area contributed by atoms with Gasteiger partial charge in [0.1, 0.15) is 11.9 Å². The predicted molar refractivity (Wildman–Crippen MR) is 71.9 cm³/mol. The molecule has 1 aromatic carbocycles. The summed E-state index contributed by atoms with van der Waals surface area (Å²) in [7, 11) is 0. The lowest BCUT2D eigenvalue weighted by Gasteiger charge is -2.31. The van der Waals surface area contributed by atoms with Crippen LogP contribution in [0.5, 0.6) is 5.75 Å². The summed E-state index contributed by atoms with van der Waals surface area (Å²) in [5.41, 5.74) is 0. The molecule has 1 aliphatic heterocycles. The minimum absolute atomic E-state index is 0.130. The average Bonchev–Trinajstić information content (AvgIpc) is 2.34. The fraction of sp³-hybridized carbons (Fsp3) is 0.462. The second-order valence-corrected chi connectivity index (χ2v) is 5.36. The number of ether oxygens (including phenoxy) is 1. The van der Waals surface area contributed by atoms with Crippen molar-refractivity contribution in [1.82, 2.24) is 4.90 Å². The number of hydrogen-bond donors (Lipinski definition) is 1. The second kappa shape index (κ2) is 6.20. The van der Waals surface area contributed by atoms with Gasteiger partial charge in [0.2, 0.25) is 0 Å². The normalized spacial score (nSPS) is 17.6. The molecule has 1 saturated heterocycles. The first-order chi connectivity index (χ1) is 8.63. The largest absolute Gasteiger partial charge is 0.490 e. The van der Waals surface area contributed by atoms with Gasteiger partial charge in [0.05, 0.1) is 6.54 Å². The van der Waals surface area contributed by atoms with Crippen LogP contribution < -0.4 is 4.74 Å². The first-order valence-electron chi connectivity index (χ1n) is 6.00. The molecule has 0 amide bonds. The molecule has 1 aromatic rings. The van der Waals surface area contributed by atoms with Gasteiger partial charge in [-0.1, -0.05) is 15.9 Å². The highest BCUT2D eigenvalue weighted by atomic mass is 79.9. The van der Waals surface area contributed by atoms with E-state index in [0.717, 1.165) is 36.2 Å². The van der Waals surface area contributed by atoms with Gasteiger partial charge in [0, 0.05) is 17.6 Å². The van der Waals surface area contributed by atoms with E-state index in [1.807, 2.05) is 29.2 Å². The maximum Gasteiger partial charge on any atom is 0.317 e. The molecular formula is C13H16BrNO3. The van der Waals surface area contributed by atoms with E-state index < -0.39 is 5.97 Å². The Labute approximate surface area is 115 Å². The van der Waals surface area contributed by atoms with Crippen molar-refractivity contribution >= 4 is 21.9 Å². The Morgan fingerprint density at radius 1 is 1.33 bits per heavy atom. The molecule has 1 fully saturated rings. The Kier molecular flexibility index (Phi) is 4.60. The van der Waals surface area contributed by atoms with Crippen molar-refractivity contribution < 1.29 is 14.6 Å². The van der Waals surface area contributed by atoms with Crippen molar-refractivity contribution in [2.45, 2.75) is 18.9 Å². The highest BCUT2D eigenvalue weighted by molar-refractivity contribution is 9.10. The third-order valence-electron chi connectivity index (χ3n) is 3.01. The van der Waals surface area contributed by atoms with E-state index in [0.29, 0.717) is 0 Å². The third-order valence-corrected chi connectivity index (χ3v) is 3.54. The molecule has 5 heteroatoms. The molecule has 0 unspecified atom stereocenters. The monoisotopic (exact) mass is 313 g/mol. The highest BCUT2D eigenvalue weighted by Gasteiger charge is 2.21. The predicted octanol–water partition coefficient (Wildman–Crippen LogP) is 2.38. The zero-order chi connectivity index (χ0) is 13.0. The molecule has 0 aromatic heterocycles. The van der Waals surface area contributed by atoms with Crippen LogP contribution in [0, 0.1) is 0 Å². The molecule has 4 nitrogen and oxygen atoms in total. The lowest BCUT2D eigenvalue weighted by molar-refractivity contribution is -0.138. The number of piperidine rings is 1. The molecule has 1 N–H and O–H groups in total. The Morgan fingerprint density at radius 2 is 1.94 bits per heavy atom. The quantitative estimate of drug-likeness (QED) is 0.927. The van der Waals surface area contributed by atoms with Gasteiger partial charge in [-0.2, -0.15) is 0 Å². The number of carboxylic acid groups (broad SMARTS) is 1. The Morgan fingerprint density at radius 3 is 2.50 bits per heavy atom. The molecule has 0 saturated carbocycles. The Bertz CT molecular complexity index is 399. The van der Waals surface area contributed by atoms with Crippen molar-refractivity contribution in [3.8, 4) is 5.75 Å². The van der Waals surface area contributed by atoms with Crippen molar-refractivity contribution in [3.63, 3.8) is 0 Å². The molecule has 18 heavy (non-hydrogen) atoms. The summed E-state index contributed by atoms with van der Waals surface area (Å²) in [6.07, 6.45) is 1.95. The summed E-state index contributed by atoms with van der Waals surface area (Å²) in [6, 6.07) is 7.78. The van der Waals surface area contributed by atoms with E-state index in [-0.39, 0.29) is 12.6 Å². The number of carboxylic acids is 1. The fourth-order valence-corrected chi connectivity index (χ4v) is 2.35. The molecule has 1 heterocycles. The van der Waals surface area contributed by atoms with E-state index in [1.54, 1.807) is 0 Å². The van der Waals surface area contributed by atoms with Crippen LogP contribution in [0.3, 0.4) is 0 Å². The summed E-state index contributed by atoms with van der Waals surface area (Å²) in [5, 5.41) is 8.72. The summed E-state index contributed by atoms with van der Waals surface area (Å²) >= 11 is 3.38. The van der Waals surface area contributed by atoms with Gasteiger partial charge < -0.3 is 9.84 Å². The van der Waals surface area contributed by atoms with Crippen LogP contribution in [0.2, 0.25) is 0 Å². The number of aliphatic carboxylic acids is 1. The SMILES string of the molecule is O=C(O)CN1CCC(Oc2ccc(Br)cc2)CC1. The van der Waals surface area contributed by atoms with Crippen molar-refractivity contribution in [1.29, 1.82) is 0 Å². The van der Waals surface area contributed by atoms with Crippen molar-refractivity contribution in [3.05, 3.63) is 28.7 Å². The minimum Gasteiger partial charge on any atom is -0.490 e. The van der Waals surface area contributed by atoms with Crippen molar-refractivity contribution in [2.24, 2.45) is 0 Å². The van der Waals surface area contributed by atoms with E-state index in [1.165, 1.54) is 0 Å². The van der Waals surface area contributed by atoms with E-state index in [4.69, 9.17) is 9.84 Å². The molecule has 0 spiro atoms. The molecule has 2 rings (SSSR count). The lowest BCUT2D eigenvalue weighted by Crippen LogP contribution is -2.40. The Balaban J connectivity index is 1.79. The van der Waals surface area contributed by atoms with Gasteiger partial charge in [0.25, 0.3) is 0 Å². The number of hydrogen-bond acceptors (Lipinski definition) is 3. The van der Waals surface area contributed by atoms with Crippen LogP contribution >= 0.6 is 15.9 Å². The minimum atomic E-state index is -0.762. The van der Waals surface area contributed by atoms with Gasteiger partial charge in [0.15, 0.2) is 0 Å². The molecule has 0 aliphatic carbocycles. The van der Waals surface area contributed by atoms with Crippen LogP contribution in [0.1, 0.15) is 12.8 Å². The molecule has 0 bridgehead atoms. The summed E-state index contributed by atoms with van der Waals surface area (Å²) < 4.78 is 6.90. The molecule has 0 atom stereocenters. The van der Waals surface area contributed by atoms with E-state index in [9.17, 15) is 4.79 Å². The number of nitrogens with zero attached hydrogens (tertiary/aromatic N) is 1. The van der Waals surface area contributed by atoms with Gasteiger partial charge in [-0.3, -0.25) is 9.69 Å². The Hall–Kier alpha value is -1.07. The van der Waals surface area contributed by atoms with Crippen LogP contribution in [0.25, 0.3) is 0 Å². The number of carbonyl (C=O) groups is 1. The van der Waals surface area contributed by atoms with Gasteiger partial charge >= 0.3 is 5.97 Å². The van der Waals surface area contributed by atoms with E-state index >= 15 is 0 Å². The zero-order valence-electron chi connectivity index (χ0n) is 10.0. The van der Waals surface area contributed by atoms with Crippen LogP contribution in [0.15, 0.2) is 28.7 Å². The van der Waals surface area contributed by atoms with Gasteiger partial charge in [-0.25, -0.2) is 0 Å². The van der Waals surface area contributed by atoms with Crippen LogP contribution in [-0.2, 0) is 4.79 Å². The summed E-state index contributed by atoms with van der Waals surface area (Å²) in [4.78, 5) is 12.5. The fourth-order valence-electron chi connectivity index (χ4n) is 2.08. The van der Waals surface area contributed by atoms with Crippen LogP contribution in [-0.4, -0.2) is 41.7 Å². The first kappa shape index (κ1) is 13.4. The number of rotatable bonds is 4. The maximum atomic E-state index is 10.6. The summed E-state index contributed by atoms with van der Waals surface area (Å²) in [6.45, 7) is 1.70. The molecular weight excluding hydrogens is 298 g/mol. The van der Waals surface area contributed by atoms with Gasteiger partial charge in [-0.05, 0) is 37.1 Å². The highest BCUT2D eigenvalue weighted by Crippen LogP contribution is 2.21. The maximum absolute atomic E-state index is 10.6. The standard InChI is InChI=1S/C13H16BrNO3/c14-10-1-3-11(4-2-10)18-12-5-7-15(8-6-12)9-13(16)17/h1-4,12H,5-9H2,(H,16,17). The number of halogens is 1. The smallest absolute Gasteiger partial charge is 0.317 e. The molecule has 0 radical (unpaired) electrons. The third kappa shape index (κ3) is 3.99. The van der Waals surface area contributed by atoms with Gasteiger partial charge in [-0.15, -0.1) is 0 Å². The summed E-state index contributed by atoms with van der Waals surface area (Å²) in [5.74, 6) is 0.108. The lowest BCUT2D eigenvalue weighted by atomic mass is 10.1. The van der Waals surface area contributed by atoms with E-state index in [2.05, 4.69) is 15.9 Å². The number of likely N-dealkylation sites (tertiary alicyclic amines) is 1. The van der Waals surface area contributed by atoms with Crippen LogP contribution in [0.4, 0.5) is 0 Å². The zero-order valence-corrected chi connectivity index (χ0v) is 11.6. The topological polar surface area (TPSA) is 49.8 Å². The van der Waals surface area contributed by atoms with Crippen molar-refractivity contribution in [2.75, 3.05) is 19.6 Å². The second-order valence-electron chi connectivity index (χ2n) is 4.44. The first-order valence-corrected chi connectivity index (χ1v) is 6.79.